The second-order valence-corrected chi connectivity index (χ2v) is 3.94. The number of halogens is 2. The van der Waals surface area contributed by atoms with Gasteiger partial charge in [0.15, 0.2) is 0 Å². The van der Waals surface area contributed by atoms with Crippen LogP contribution >= 0.6 is 0 Å². The molecule has 0 aliphatic heterocycles. The summed E-state index contributed by atoms with van der Waals surface area (Å²) < 4.78 is 29.0. The maximum absolute atomic E-state index is 14.0. The molecular formula is C11H8F2N6O. The summed E-state index contributed by atoms with van der Waals surface area (Å²) in [5, 5.41) is 18.4. The highest BCUT2D eigenvalue weighted by atomic mass is 19.1. The summed E-state index contributed by atoms with van der Waals surface area (Å²) in [6.07, 6.45) is 4.71. The lowest BCUT2D eigenvalue weighted by molar-refractivity contribution is -0.0508. The van der Waals surface area contributed by atoms with E-state index < -0.39 is 17.5 Å². The quantitative estimate of drug-likeness (QED) is 0.747. The molecule has 2 heterocycles. The largest absolute Gasteiger partial charge is 0.347 e. The van der Waals surface area contributed by atoms with Crippen LogP contribution in [0, 0.1) is 11.6 Å². The van der Waals surface area contributed by atoms with E-state index in [4.69, 9.17) is 0 Å². The first-order valence-corrected chi connectivity index (χ1v) is 5.50. The minimum Gasteiger partial charge on any atom is -0.347 e. The highest BCUT2D eigenvalue weighted by molar-refractivity contribution is 5.25. The van der Waals surface area contributed by atoms with Crippen molar-refractivity contribution in [3.63, 3.8) is 0 Å². The normalized spacial score (nSPS) is 11.8. The van der Waals surface area contributed by atoms with Gasteiger partial charge in [-0.1, -0.05) is 0 Å². The molecule has 2 aromatic heterocycles. The summed E-state index contributed by atoms with van der Waals surface area (Å²) >= 11 is 0. The topological polar surface area (TPSA) is 81.6 Å². The third kappa shape index (κ3) is 1.75. The molecule has 20 heavy (non-hydrogen) atoms. The second-order valence-electron chi connectivity index (χ2n) is 3.94. The van der Waals surface area contributed by atoms with E-state index in [0.29, 0.717) is 6.07 Å². The molecule has 0 spiro atoms. The first-order chi connectivity index (χ1) is 9.62. The highest BCUT2D eigenvalue weighted by Gasteiger charge is 2.38. The van der Waals surface area contributed by atoms with E-state index in [1.807, 2.05) is 0 Å². The van der Waals surface area contributed by atoms with Crippen LogP contribution in [0.5, 0.6) is 0 Å². The van der Waals surface area contributed by atoms with Crippen LogP contribution in [0.3, 0.4) is 0 Å². The van der Waals surface area contributed by atoms with Gasteiger partial charge in [0, 0.05) is 6.07 Å². The molecule has 102 valence electrons. The van der Waals surface area contributed by atoms with Gasteiger partial charge in [-0.25, -0.2) is 18.7 Å². The third-order valence-electron chi connectivity index (χ3n) is 2.77. The molecule has 1 aromatic carbocycles. The Balaban J connectivity index is 2.26. The molecular weight excluding hydrogens is 270 g/mol. The van der Waals surface area contributed by atoms with Gasteiger partial charge in [-0.05, 0) is 12.1 Å². The minimum absolute atomic E-state index is 0.241. The fourth-order valence-corrected chi connectivity index (χ4v) is 1.85. The summed E-state index contributed by atoms with van der Waals surface area (Å²) in [5.41, 5.74) is -0.241. The average Bonchev–Trinajstić information content (AvgIpc) is 3.12. The number of rotatable bonds is 3. The number of nitrogens with zero attached hydrogens (tertiary/aromatic N) is 6. The average molecular weight is 278 g/mol. The van der Waals surface area contributed by atoms with Crippen molar-refractivity contribution in [3.05, 3.63) is 60.7 Å². The van der Waals surface area contributed by atoms with Gasteiger partial charge >= 0.3 is 0 Å². The zero-order valence-electron chi connectivity index (χ0n) is 9.93. The van der Waals surface area contributed by atoms with Gasteiger partial charge < -0.3 is 5.11 Å². The minimum atomic E-state index is -2.13. The molecule has 0 atom stereocenters. The first kappa shape index (κ1) is 12.4. The third-order valence-corrected chi connectivity index (χ3v) is 2.77. The van der Waals surface area contributed by atoms with Crippen LogP contribution in [-0.2, 0) is 5.85 Å². The van der Waals surface area contributed by atoms with E-state index in [0.717, 1.165) is 21.5 Å². The molecule has 7 nitrogen and oxygen atoms in total. The van der Waals surface area contributed by atoms with Crippen molar-refractivity contribution in [3.8, 4) is 0 Å². The molecule has 1 N–H and O–H groups in total. The molecule has 0 saturated carbocycles. The summed E-state index contributed by atoms with van der Waals surface area (Å²) in [5.74, 6) is -3.84. The van der Waals surface area contributed by atoms with Gasteiger partial charge in [-0.15, -0.1) is 0 Å². The second kappa shape index (κ2) is 4.46. The first-order valence-electron chi connectivity index (χ1n) is 5.50. The molecule has 9 heteroatoms. The Bertz CT molecular complexity index is 678. The lowest BCUT2D eigenvalue weighted by Gasteiger charge is -2.28. The molecule has 0 saturated heterocycles. The van der Waals surface area contributed by atoms with Crippen LogP contribution in [-0.4, -0.2) is 34.6 Å². The molecule has 0 unspecified atom stereocenters. The molecule has 0 amide bonds. The molecule has 0 aliphatic rings. The monoisotopic (exact) mass is 278 g/mol. The van der Waals surface area contributed by atoms with Crippen molar-refractivity contribution in [1.82, 2.24) is 29.5 Å². The lowest BCUT2D eigenvalue weighted by Crippen LogP contribution is -2.44. The molecule has 0 aliphatic carbocycles. The van der Waals surface area contributed by atoms with Crippen molar-refractivity contribution in [2.75, 3.05) is 0 Å². The van der Waals surface area contributed by atoms with Crippen LogP contribution in [0.25, 0.3) is 0 Å². The summed E-state index contributed by atoms with van der Waals surface area (Å²) in [4.78, 5) is 7.41. The van der Waals surface area contributed by atoms with E-state index in [2.05, 4.69) is 20.2 Å². The van der Waals surface area contributed by atoms with Gasteiger partial charge in [-0.2, -0.15) is 19.6 Å². The van der Waals surface area contributed by atoms with Crippen LogP contribution in [0.2, 0.25) is 0 Å². The fraction of sp³-hybridized carbons (Fsp3) is 0.0909. The van der Waals surface area contributed by atoms with Gasteiger partial charge in [0.2, 0.25) is 0 Å². The van der Waals surface area contributed by atoms with Crippen LogP contribution < -0.4 is 0 Å². The maximum Gasteiger partial charge on any atom is 0.290 e. The molecule has 3 rings (SSSR count). The van der Waals surface area contributed by atoms with E-state index in [-0.39, 0.29) is 5.56 Å². The Morgan fingerprint density at radius 2 is 1.60 bits per heavy atom. The number of benzene rings is 1. The Kier molecular flexibility index (Phi) is 2.75. The number of aliphatic hydroxyl groups is 1. The Morgan fingerprint density at radius 3 is 2.05 bits per heavy atom. The van der Waals surface area contributed by atoms with Crippen molar-refractivity contribution in [2.24, 2.45) is 0 Å². The zero-order chi connectivity index (χ0) is 14.2. The molecule has 0 radical (unpaired) electrons. The lowest BCUT2D eigenvalue weighted by atomic mass is 10.1. The highest BCUT2D eigenvalue weighted by Crippen LogP contribution is 2.26. The zero-order valence-corrected chi connectivity index (χ0v) is 9.93. The SMILES string of the molecule is OC(c1ccc(F)cc1F)(n1cncn1)n1cncn1. The number of hydrogen-bond donors (Lipinski definition) is 1. The van der Waals surface area contributed by atoms with Gasteiger partial charge in [-0.3, -0.25) is 0 Å². The van der Waals surface area contributed by atoms with E-state index in [9.17, 15) is 13.9 Å². The van der Waals surface area contributed by atoms with E-state index in [1.54, 1.807) is 0 Å². The maximum atomic E-state index is 14.0. The summed E-state index contributed by atoms with van der Waals surface area (Å²) in [7, 11) is 0. The predicted octanol–water partition coefficient (Wildman–Crippen LogP) is 0.347. The predicted molar refractivity (Wildman–Crippen MR) is 61.1 cm³/mol. The van der Waals surface area contributed by atoms with Crippen molar-refractivity contribution in [1.29, 1.82) is 0 Å². The number of hydrogen-bond acceptors (Lipinski definition) is 5. The Morgan fingerprint density at radius 1 is 1.00 bits per heavy atom. The summed E-state index contributed by atoms with van der Waals surface area (Å²) in [6.45, 7) is 0. The van der Waals surface area contributed by atoms with Crippen molar-refractivity contribution < 1.29 is 13.9 Å². The van der Waals surface area contributed by atoms with Crippen LogP contribution in [0.15, 0.2) is 43.5 Å². The van der Waals surface area contributed by atoms with Crippen molar-refractivity contribution >= 4 is 0 Å². The molecule has 0 fully saturated rings. The van der Waals surface area contributed by atoms with Crippen LogP contribution in [0.1, 0.15) is 5.56 Å². The molecule has 0 bridgehead atoms. The number of aromatic nitrogens is 6. The van der Waals surface area contributed by atoms with Gasteiger partial charge in [0.1, 0.15) is 36.9 Å². The van der Waals surface area contributed by atoms with Gasteiger partial charge in [0.25, 0.3) is 5.85 Å². The standard InChI is InChI=1S/C11H8F2N6O/c12-8-1-2-9(10(13)3-8)11(20,18-6-14-4-16-18)19-7-15-5-17-19/h1-7,20H. The molecule has 3 aromatic rings. The van der Waals surface area contributed by atoms with E-state index in [1.165, 1.54) is 25.3 Å². The fourth-order valence-electron chi connectivity index (χ4n) is 1.85. The van der Waals surface area contributed by atoms with Crippen molar-refractivity contribution in [2.45, 2.75) is 5.85 Å². The summed E-state index contributed by atoms with van der Waals surface area (Å²) in [6, 6.07) is 2.79. The Labute approximate surface area is 111 Å². The van der Waals surface area contributed by atoms with Crippen LogP contribution in [0.4, 0.5) is 8.78 Å². The van der Waals surface area contributed by atoms with Gasteiger partial charge in [0.05, 0.1) is 5.56 Å². The smallest absolute Gasteiger partial charge is 0.290 e. The Hall–Kier alpha value is -2.68. The van der Waals surface area contributed by atoms with E-state index >= 15 is 0 Å².